The predicted octanol–water partition coefficient (Wildman–Crippen LogP) is 5.27. The lowest BCUT2D eigenvalue weighted by Gasteiger charge is -2.28. The maximum atomic E-state index is 12.7. The van der Waals surface area contributed by atoms with Crippen LogP contribution in [0.15, 0.2) is 72.8 Å². The summed E-state index contributed by atoms with van der Waals surface area (Å²) < 4.78 is 47.8. The van der Waals surface area contributed by atoms with Gasteiger partial charge >= 0.3 is 12.3 Å². The predicted molar refractivity (Wildman–Crippen MR) is 111 cm³/mol. The van der Waals surface area contributed by atoms with Crippen molar-refractivity contribution >= 4 is 5.97 Å². The van der Waals surface area contributed by atoms with Crippen LogP contribution in [0.4, 0.5) is 13.2 Å². The van der Waals surface area contributed by atoms with Crippen molar-refractivity contribution < 1.29 is 32.5 Å². The quantitative estimate of drug-likeness (QED) is 0.582. The minimum atomic E-state index is -4.88. The van der Waals surface area contributed by atoms with Crippen LogP contribution in [0.5, 0.6) is 11.5 Å². The van der Waals surface area contributed by atoms with Crippen LogP contribution in [0.1, 0.15) is 17.2 Å². The highest BCUT2D eigenvalue weighted by atomic mass is 19.4. The number of hydrogen-bond donors (Lipinski definition) is 1. The van der Waals surface area contributed by atoms with E-state index in [-0.39, 0.29) is 31.0 Å². The molecule has 3 aromatic rings. The second-order valence-corrected chi connectivity index (χ2v) is 7.33. The van der Waals surface area contributed by atoms with E-state index in [9.17, 15) is 23.1 Å². The largest absolute Gasteiger partial charge is 0.573 e. The van der Waals surface area contributed by atoms with E-state index >= 15 is 0 Å². The minimum absolute atomic E-state index is 0.119. The van der Waals surface area contributed by atoms with E-state index in [2.05, 4.69) is 4.74 Å². The van der Waals surface area contributed by atoms with Crippen molar-refractivity contribution in [3.8, 4) is 22.6 Å². The molecule has 0 saturated heterocycles. The average Bonchev–Trinajstić information content (AvgIpc) is 2.92. The fourth-order valence-electron chi connectivity index (χ4n) is 3.90. The highest BCUT2D eigenvalue weighted by Gasteiger charge is 2.35. The molecule has 5 nitrogen and oxygen atoms in total. The Balaban J connectivity index is 1.71. The molecule has 0 fully saturated rings. The number of benzene rings is 3. The summed E-state index contributed by atoms with van der Waals surface area (Å²) in [6.45, 7) is 0.753. The Morgan fingerprint density at radius 1 is 1.06 bits per heavy atom. The first kappa shape index (κ1) is 21.7. The van der Waals surface area contributed by atoms with Crippen LogP contribution in [-0.4, -0.2) is 35.5 Å². The monoisotopic (exact) mass is 443 g/mol. The molecule has 1 heterocycles. The molecule has 0 aliphatic carbocycles. The highest BCUT2D eigenvalue weighted by Crippen LogP contribution is 2.38. The Morgan fingerprint density at radius 2 is 1.78 bits per heavy atom. The zero-order valence-electron chi connectivity index (χ0n) is 16.9. The van der Waals surface area contributed by atoms with Gasteiger partial charge in [0.2, 0.25) is 0 Å². The van der Waals surface area contributed by atoms with Gasteiger partial charge in [0, 0.05) is 18.7 Å². The van der Waals surface area contributed by atoms with Gasteiger partial charge in [0.05, 0.1) is 0 Å². The summed E-state index contributed by atoms with van der Waals surface area (Å²) in [5.41, 5.74) is 2.96. The molecule has 0 spiro atoms. The number of aliphatic carboxylic acids is 1. The van der Waals surface area contributed by atoms with E-state index in [0.29, 0.717) is 0 Å². The number of carbonyl (C=O) groups is 1. The second-order valence-electron chi connectivity index (χ2n) is 7.33. The molecule has 1 aliphatic rings. The van der Waals surface area contributed by atoms with Gasteiger partial charge in [-0.3, -0.25) is 9.69 Å². The van der Waals surface area contributed by atoms with Gasteiger partial charge in [0.1, 0.15) is 24.1 Å². The molecule has 1 unspecified atom stereocenters. The molecule has 8 heteroatoms. The van der Waals surface area contributed by atoms with Gasteiger partial charge in [0.15, 0.2) is 0 Å². The molecule has 4 rings (SSSR count). The molecule has 3 aromatic carbocycles. The van der Waals surface area contributed by atoms with Gasteiger partial charge < -0.3 is 14.6 Å². The summed E-state index contributed by atoms with van der Waals surface area (Å²) in [5, 5.41) is 10.0. The summed E-state index contributed by atoms with van der Waals surface area (Å²) in [5.74, 6) is -1.44. The number of alkyl halides is 3. The number of rotatable bonds is 5. The van der Waals surface area contributed by atoms with E-state index < -0.39 is 24.1 Å². The van der Waals surface area contributed by atoms with Gasteiger partial charge in [-0.15, -0.1) is 13.2 Å². The standard InChI is InChI=1S/C24H20F3NO4/c25-24(26,27)32-18-10-11-21-20(14-18)22(23(29)30)28(12-13-31-21)15-17-8-4-5-9-19(17)16-6-2-1-3-7-16/h1-11,14,22H,12-13,15H2,(H,29,30). The molecule has 32 heavy (non-hydrogen) atoms. The molecule has 1 atom stereocenters. The van der Waals surface area contributed by atoms with Gasteiger partial charge in [-0.1, -0.05) is 54.6 Å². The summed E-state index contributed by atoms with van der Waals surface area (Å²) >= 11 is 0. The summed E-state index contributed by atoms with van der Waals surface area (Å²) in [7, 11) is 0. The minimum Gasteiger partial charge on any atom is -0.492 e. The fraction of sp³-hybridized carbons (Fsp3) is 0.208. The van der Waals surface area contributed by atoms with Crippen LogP contribution in [0.3, 0.4) is 0 Å². The van der Waals surface area contributed by atoms with Crippen molar-refractivity contribution in [1.82, 2.24) is 4.90 Å². The molecular weight excluding hydrogens is 423 g/mol. The molecule has 0 amide bonds. The number of carboxylic acid groups (broad SMARTS) is 1. The Hall–Kier alpha value is -3.52. The van der Waals surface area contributed by atoms with Crippen LogP contribution in [0, 0.1) is 0 Å². The lowest BCUT2D eigenvalue weighted by atomic mass is 9.98. The third-order valence-corrected chi connectivity index (χ3v) is 5.22. The van der Waals surface area contributed by atoms with E-state index in [1.807, 2.05) is 54.6 Å². The molecular formula is C24H20F3NO4. The Labute approximate surface area is 182 Å². The normalized spacial score (nSPS) is 16.5. The first-order valence-corrected chi connectivity index (χ1v) is 9.94. The summed E-state index contributed by atoms with van der Waals surface area (Å²) in [6.07, 6.45) is -4.88. The van der Waals surface area contributed by atoms with Crippen molar-refractivity contribution in [1.29, 1.82) is 0 Å². The number of fused-ring (bicyclic) bond motifs is 1. The third kappa shape index (κ3) is 4.86. The Kier molecular flexibility index (Phi) is 6.05. The number of nitrogens with zero attached hydrogens (tertiary/aromatic N) is 1. The van der Waals surface area contributed by atoms with Crippen LogP contribution >= 0.6 is 0 Å². The average molecular weight is 443 g/mol. The fourth-order valence-corrected chi connectivity index (χ4v) is 3.90. The maximum Gasteiger partial charge on any atom is 0.573 e. The van der Waals surface area contributed by atoms with Crippen LogP contribution in [0.2, 0.25) is 0 Å². The van der Waals surface area contributed by atoms with E-state index in [1.54, 1.807) is 4.90 Å². The number of ether oxygens (including phenoxy) is 2. The van der Waals surface area contributed by atoms with Crippen LogP contribution in [-0.2, 0) is 11.3 Å². The summed E-state index contributed by atoms with van der Waals surface area (Å²) in [6, 6.07) is 19.7. The van der Waals surface area contributed by atoms with E-state index in [0.717, 1.165) is 28.8 Å². The molecule has 0 bridgehead atoms. The maximum absolute atomic E-state index is 12.7. The lowest BCUT2D eigenvalue weighted by Crippen LogP contribution is -2.34. The smallest absolute Gasteiger partial charge is 0.492 e. The third-order valence-electron chi connectivity index (χ3n) is 5.22. The van der Waals surface area contributed by atoms with Crippen molar-refractivity contribution in [2.24, 2.45) is 0 Å². The molecule has 166 valence electrons. The van der Waals surface area contributed by atoms with Gasteiger partial charge in [0.25, 0.3) is 0 Å². The highest BCUT2D eigenvalue weighted by molar-refractivity contribution is 5.77. The molecule has 0 radical (unpaired) electrons. The Morgan fingerprint density at radius 3 is 2.50 bits per heavy atom. The summed E-state index contributed by atoms with van der Waals surface area (Å²) in [4.78, 5) is 13.9. The van der Waals surface area contributed by atoms with Gasteiger partial charge in [-0.25, -0.2) is 0 Å². The van der Waals surface area contributed by atoms with Crippen LogP contribution in [0.25, 0.3) is 11.1 Å². The van der Waals surface area contributed by atoms with E-state index in [4.69, 9.17) is 4.74 Å². The first-order valence-electron chi connectivity index (χ1n) is 9.94. The SMILES string of the molecule is O=C(O)C1c2cc(OC(F)(F)F)ccc2OCCN1Cc1ccccc1-c1ccccc1. The topological polar surface area (TPSA) is 59.0 Å². The number of hydrogen-bond acceptors (Lipinski definition) is 4. The van der Waals surface area contributed by atoms with Crippen molar-refractivity contribution in [2.75, 3.05) is 13.2 Å². The molecule has 0 saturated carbocycles. The number of halogens is 3. The van der Waals surface area contributed by atoms with Crippen molar-refractivity contribution in [3.63, 3.8) is 0 Å². The number of carboxylic acids is 1. The first-order chi connectivity index (χ1) is 15.3. The lowest BCUT2D eigenvalue weighted by molar-refractivity contribution is -0.274. The van der Waals surface area contributed by atoms with Gasteiger partial charge in [-0.2, -0.15) is 0 Å². The second kappa shape index (κ2) is 8.92. The molecule has 1 N–H and O–H groups in total. The molecule has 1 aliphatic heterocycles. The van der Waals surface area contributed by atoms with Crippen molar-refractivity contribution in [2.45, 2.75) is 18.9 Å². The zero-order chi connectivity index (χ0) is 22.7. The Bertz CT molecular complexity index is 1100. The van der Waals surface area contributed by atoms with Crippen LogP contribution < -0.4 is 9.47 Å². The molecule has 0 aromatic heterocycles. The zero-order valence-corrected chi connectivity index (χ0v) is 16.9. The van der Waals surface area contributed by atoms with Gasteiger partial charge in [-0.05, 0) is 34.9 Å². The van der Waals surface area contributed by atoms with E-state index in [1.165, 1.54) is 6.07 Å². The van der Waals surface area contributed by atoms with Crippen molar-refractivity contribution in [3.05, 3.63) is 83.9 Å².